The lowest BCUT2D eigenvalue weighted by Crippen LogP contribution is -2.40. The highest BCUT2D eigenvalue weighted by Gasteiger charge is 2.40. The number of imide groups is 1. The summed E-state index contributed by atoms with van der Waals surface area (Å²) in [7, 11) is 0. The van der Waals surface area contributed by atoms with Gasteiger partial charge in [-0.25, -0.2) is 4.79 Å². The van der Waals surface area contributed by atoms with Crippen LogP contribution in [0.15, 0.2) is 18.2 Å². The van der Waals surface area contributed by atoms with Crippen LogP contribution in [0.3, 0.4) is 0 Å². The average Bonchev–Trinajstić information content (AvgIpc) is 3.48. The van der Waals surface area contributed by atoms with E-state index in [-0.39, 0.29) is 40.9 Å². The summed E-state index contributed by atoms with van der Waals surface area (Å²) < 4.78 is 5.23. The molecule has 1 aliphatic heterocycles. The zero-order chi connectivity index (χ0) is 19.8. The monoisotopic (exact) mass is 384 g/mol. The van der Waals surface area contributed by atoms with Crippen LogP contribution in [0.4, 0.5) is 0 Å². The Morgan fingerprint density at radius 1 is 1.04 bits per heavy atom. The summed E-state index contributed by atoms with van der Waals surface area (Å²) >= 11 is 0. The second kappa shape index (κ2) is 7.37. The first-order valence-electron chi connectivity index (χ1n) is 9.99. The molecular weight excluding hydrogens is 360 g/mol. The topological polar surface area (TPSA) is 92.8 Å². The lowest BCUT2D eigenvalue weighted by molar-refractivity contribution is -0.129. The van der Waals surface area contributed by atoms with Gasteiger partial charge in [-0.05, 0) is 50.8 Å². The molecule has 28 heavy (non-hydrogen) atoms. The molecule has 2 saturated carbocycles. The molecule has 4 rings (SSSR count). The molecule has 1 heterocycles. The Morgan fingerprint density at radius 2 is 1.71 bits per heavy atom. The number of hydrogen-bond donors (Lipinski definition) is 1. The molecule has 2 fully saturated rings. The van der Waals surface area contributed by atoms with Crippen LogP contribution in [0.2, 0.25) is 0 Å². The van der Waals surface area contributed by atoms with Crippen LogP contribution in [0, 0.1) is 0 Å². The molecule has 3 amide bonds. The fourth-order valence-corrected chi connectivity index (χ4v) is 3.89. The number of amides is 3. The molecule has 2 aliphatic carbocycles. The second-order valence-corrected chi connectivity index (χ2v) is 7.86. The van der Waals surface area contributed by atoms with Crippen LogP contribution in [-0.2, 0) is 9.53 Å². The summed E-state index contributed by atoms with van der Waals surface area (Å²) in [6.45, 7) is 1.52. The predicted molar refractivity (Wildman–Crippen MR) is 99.9 cm³/mol. The minimum absolute atomic E-state index is 0.0670. The van der Waals surface area contributed by atoms with Gasteiger partial charge in [0, 0.05) is 12.1 Å². The van der Waals surface area contributed by atoms with Crippen LogP contribution >= 0.6 is 0 Å². The molecule has 3 aliphatic rings. The fraction of sp³-hybridized carbons (Fsp3) is 0.524. The van der Waals surface area contributed by atoms with E-state index in [1.165, 1.54) is 30.0 Å². The van der Waals surface area contributed by atoms with Crippen molar-refractivity contribution >= 4 is 23.7 Å². The Labute approximate surface area is 163 Å². The summed E-state index contributed by atoms with van der Waals surface area (Å²) in [6.07, 6.45) is 5.78. The van der Waals surface area contributed by atoms with Crippen molar-refractivity contribution < 1.29 is 23.9 Å². The van der Waals surface area contributed by atoms with E-state index in [0.29, 0.717) is 5.56 Å². The second-order valence-electron chi connectivity index (χ2n) is 7.86. The van der Waals surface area contributed by atoms with Gasteiger partial charge in [-0.3, -0.25) is 19.3 Å². The van der Waals surface area contributed by atoms with Crippen molar-refractivity contribution in [1.82, 2.24) is 10.2 Å². The Hall–Kier alpha value is -2.70. The maximum Gasteiger partial charge on any atom is 0.338 e. The number of benzene rings is 1. The zero-order valence-electron chi connectivity index (χ0n) is 15.9. The first-order valence-corrected chi connectivity index (χ1v) is 9.99. The summed E-state index contributed by atoms with van der Waals surface area (Å²) in [4.78, 5) is 51.3. The van der Waals surface area contributed by atoms with Gasteiger partial charge in [0.15, 0.2) is 6.10 Å². The van der Waals surface area contributed by atoms with Crippen molar-refractivity contribution in [3.05, 3.63) is 34.9 Å². The Bertz CT molecular complexity index is 839. The molecule has 1 N–H and O–H groups in total. The Kier molecular flexibility index (Phi) is 4.91. The standard InChI is InChI=1S/C21H24N2O5/c1-12(18(24)22-14-8-9-14)28-21(27)13-7-10-16-17(11-13)20(26)23(19(16)25)15-5-3-2-4-6-15/h7,10-12,14-15H,2-6,8-9H2,1H3,(H,22,24)/t12-/m0/s1. The zero-order valence-corrected chi connectivity index (χ0v) is 15.9. The van der Waals surface area contributed by atoms with Crippen LogP contribution < -0.4 is 5.32 Å². The molecule has 148 valence electrons. The van der Waals surface area contributed by atoms with E-state index in [4.69, 9.17) is 4.74 Å². The van der Waals surface area contributed by atoms with E-state index in [1.807, 2.05) is 0 Å². The van der Waals surface area contributed by atoms with Gasteiger partial charge in [-0.15, -0.1) is 0 Å². The summed E-state index contributed by atoms with van der Waals surface area (Å²) in [6, 6.07) is 4.50. The molecule has 7 nitrogen and oxygen atoms in total. The SMILES string of the molecule is C[C@H](OC(=O)c1ccc2c(c1)C(=O)N(C1CCCCC1)C2=O)C(=O)NC1CC1. The molecular formula is C21H24N2O5. The highest BCUT2D eigenvalue weighted by molar-refractivity contribution is 6.22. The number of nitrogens with zero attached hydrogens (tertiary/aromatic N) is 1. The molecule has 1 aromatic rings. The number of esters is 1. The molecule has 0 aromatic heterocycles. The van der Waals surface area contributed by atoms with E-state index >= 15 is 0 Å². The first-order chi connectivity index (χ1) is 13.5. The van der Waals surface area contributed by atoms with Gasteiger partial charge in [0.25, 0.3) is 17.7 Å². The number of carbonyl (C=O) groups excluding carboxylic acids is 4. The minimum atomic E-state index is -0.919. The van der Waals surface area contributed by atoms with Gasteiger partial charge in [-0.2, -0.15) is 0 Å². The number of hydrogen-bond acceptors (Lipinski definition) is 5. The predicted octanol–water partition coefficient (Wildman–Crippen LogP) is 2.44. The van der Waals surface area contributed by atoms with Gasteiger partial charge in [0.1, 0.15) is 0 Å². The maximum atomic E-state index is 12.8. The van der Waals surface area contributed by atoms with Crippen molar-refractivity contribution in [3.8, 4) is 0 Å². The van der Waals surface area contributed by atoms with E-state index < -0.39 is 12.1 Å². The maximum absolute atomic E-state index is 12.8. The first kappa shape index (κ1) is 18.7. The molecule has 1 aromatic carbocycles. The largest absolute Gasteiger partial charge is 0.449 e. The van der Waals surface area contributed by atoms with Crippen molar-refractivity contribution in [2.24, 2.45) is 0 Å². The molecule has 0 spiro atoms. The summed E-state index contributed by atoms with van der Waals surface area (Å²) in [5, 5.41) is 2.79. The number of carbonyl (C=O) groups is 4. The van der Waals surface area contributed by atoms with E-state index in [9.17, 15) is 19.2 Å². The lowest BCUT2D eigenvalue weighted by Gasteiger charge is -2.29. The Morgan fingerprint density at radius 3 is 2.39 bits per heavy atom. The number of rotatable bonds is 5. The fourth-order valence-electron chi connectivity index (χ4n) is 3.89. The molecule has 0 saturated heterocycles. The van der Waals surface area contributed by atoms with Crippen LogP contribution in [0.25, 0.3) is 0 Å². The van der Waals surface area contributed by atoms with Crippen molar-refractivity contribution in [3.63, 3.8) is 0 Å². The summed E-state index contributed by atoms with van der Waals surface area (Å²) in [5.74, 6) is -1.64. The van der Waals surface area contributed by atoms with Gasteiger partial charge >= 0.3 is 5.97 Å². The van der Waals surface area contributed by atoms with Gasteiger partial charge in [0.05, 0.1) is 16.7 Å². The normalized spacial score (nSPS) is 20.7. The van der Waals surface area contributed by atoms with Gasteiger partial charge < -0.3 is 10.1 Å². The van der Waals surface area contributed by atoms with Gasteiger partial charge in [0.2, 0.25) is 0 Å². The third kappa shape index (κ3) is 3.53. The number of ether oxygens (including phenoxy) is 1. The van der Waals surface area contributed by atoms with Crippen molar-refractivity contribution in [1.29, 1.82) is 0 Å². The van der Waals surface area contributed by atoms with E-state index in [1.54, 1.807) is 0 Å². The highest BCUT2D eigenvalue weighted by atomic mass is 16.5. The molecule has 0 unspecified atom stereocenters. The third-order valence-corrected chi connectivity index (χ3v) is 5.67. The average molecular weight is 384 g/mol. The quantitative estimate of drug-likeness (QED) is 0.622. The molecule has 0 bridgehead atoms. The molecule has 7 heteroatoms. The molecule has 1 atom stereocenters. The smallest absolute Gasteiger partial charge is 0.338 e. The third-order valence-electron chi connectivity index (χ3n) is 5.67. The van der Waals surface area contributed by atoms with Crippen LogP contribution in [0.1, 0.15) is 82.9 Å². The number of fused-ring (bicyclic) bond motifs is 1. The highest BCUT2D eigenvalue weighted by Crippen LogP contribution is 2.31. The lowest BCUT2D eigenvalue weighted by atomic mass is 9.94. The molecule has 0 radical (unpaired) electrons. The number of nitrogens with one attached hydrogen (secondary N) is 1. The summed E-state index contributed by atoms with van der Waals surface area (Å²) in [5.41, 5.74) is 0.725. The van der Waals surface area contributed by atoms with Gasteiger partial charge in [-0.1, -0.05) is 19.3 Å². The van der Waals surface area contributed by atoms with E-state index in [2.05, 4.69) is 5.32 Å². The van der Waals surface area contributed by atoms with Crippen LogP contribution in [0.5, 0.6) is 0 Å². The van der Waals surface area contributed by atoms with Crippen molar-refractivity contribution in [2.75, 3.05) is 0 Å². The van der Waals surface area contributed by atoms with Crippen molar-refractivity contribution in [2.45, 2.75) is 70.1 Å². The van der Waals surface area contributed by atoms with E-state index in [0.717, 1.165) is 44.9 Å². The Balaban J connectivity index is 1.47. The minimum Gasteiger partial charge on any atom is -0.449 e. The van der Waals surface area contributed by atoms with Crippen LogP contribution in [-0.4, -0.2) is 46.8 Å².